The lowest BCUT2D eigenvalue weighted by atomic mass is 10.0. The third-order valence-electron chi connectivity index (χ3n) is 3.04. The number of hydrogen-bond donors (Lipinski definition) is 1. The van der Waals surface area contributed by atoms with Gasteiger partial charge in [0.15, 0.2) is 15.6 Å². The van der Waals surface area contributed by atoms with Crippen molar-refractivity contribution in [1.29, 1.82) is 0 Å². The molecule has 0 aliphatic carbocycles. The zero-order chi connectivity index (χ0) is 17.7. The maximum Gasteiger partial charge on any atom is 0.225 e. The van der Waals surface area contributed by atoms with E-state index in [0.29, 0.717) is 5.69 Å². The van der Waals surface area contributed by atoms with Crippen LogP contribution in [0.25, 0.3) is 0 Å². The van der Waals surface area contributed by atoms with Crippen molar-refractivity contribution < 1.29 is 18.0 Å². The molecule has 8 heteroatoms. The summed E-state index contributed by atoms with van der Waals surface area (Å²) >= 11 is 0. The Hall–Kier alpha value is -2.87. The van der Waals surface area contributed by atoms with E-state index in [2.05, 4.69) is 15.5 Å². The number of Topliss-reactive ketones (excluding diaryl/α,β-unsaturated/α-hetero) is 2. The number of aromatic nitrogens is 1. The van der Waals surface area contributed by atoms with Gasteiger partial charge in [-0.15, -0.1) is 0 Å². The van der Waals surface area contributed by atoms with Crippen LogP contribution in [0.5, 0.6) is 0 Å². The van der Waals surface area contributed by atoms with Crippen LogP contribution in [-0.4, -0.2) is 36.3 Å². The molecule has 0 atom stereocenters. The van der Waals surface area contributed by atoms with Gasteiger partial charge in [0, 0.05) is 23.6 Å². The number of sulfone groups is 1. The molecule has 7 nitrogen and oxygen atoms in total. The van der Waals surface area contributed by atoms with Gasteiger partial charge in [-0.2, -0.15) is 5.10 Å². The number of rotatable bonds is 5. The number of ketones is 2. The largest absolute Gasteiger partial charge is 0.294 e. The predicted molar refractivity (Wildman–Crippen MR) is 90.9 cm³/mol. The van der Waals surface area contributed by atoms with Gasteiger partial charge >= 0.3 is 0 Å². The van der Waals surface area contributed by atoms with Gasteiger partial charge < -0.3 is 0 Å². The van der Waals surface area contributed by atoms with Crippen LogP contribution in [0.1, 0.15) is 27.6 Å². The van der Waals surface area contributed by atoms with E-state index >= 15 is 0 Å². The van der Waals surface area contributed by atoms with Gasteiger partial charge in [0.25, 0.3) is 0 Å². The standard InChI is InChI=1S/C16H15N3O4S/c1-11(20)13-7-3-4-8-14(13)15(21)16(24(2,22)23)19-18-12-6-5-9-17-10-12/h3-10,18H,1-2H3. The Labute approximate surface area is 139 Å². The van der Waals surface area contributed by atoms with Crippen molar-refractivity contribution in [3.05, 3.63) is 59.9 Å². The molecule has 2 aromatic rings. The van der Waals surface area contributed by atoms with Crippen molar-refractivity contribution in [3.8, 4) is 0 Å². The second-order valence-corrected chi connectivity index (χ2v) is 6.90. The van der Waals surface area contributed by atoms with Crippen molar-refractivity contribution in [2.45, 2.75) is 6.92 Å². The average molecular weight is 345 g/mol. The Morgan fingerprint density at radius 1 is 1.08 bits per heavy atom. The molecule has 1 aromatic carbocycles. The highest BCUT2D eigenvalue weighted by molar-refractivity contribution is 8.07. The highest BCUT2D eigenvalue weighted by Gasteiger charge is 2.27. The third kappa shape index (κ3) is 4.11. The molecule has 0 radical (unpaired) electrons. The van der Waals surface area contributed by atoms with E-state index in [0.717, 1.165) is 6.26 Å². The molecule has 0 bridgehead atoms. The van der Waals surface area contributed by atoms with Gasteiger partial charge in [-0.3, -0.25) is 20.0 Å². The van der Waals surface area contributed by atoms with Gasteiger partial charge in [0.2, 0.25) is 10.8 Å². The van der Waals surface area contributed by atoms with Gasteiger partial charge in [-0.05, 0) is 19.1 Å². The molecule has 0 amide bonds. The topological polar surface area (TPSA) is 106 Å². The summed E-state index contributed by atoms with van der Waals surface area (Å²) in [5.74, 6) is -1.19. The van der Waals surface area contributed by atoms with Crippen molar-refractivity contribution in [1.82, 2.24) is 4.98 Å². The number of benzene rings is 1. The van der Waals surface area contributed by atoms with Crippen LogP contribution in [0.4, 0.5) is 5.69 Å². The number of hydrogen-bond acceptors (Lipinski definition) is 7. The van der Waals surface area contributed by atoms with Crippen LogP contribution in [0.15, 0.2) is 53.9 Å². The molecule has 2 rings (SSSR count). The van der Waals surface area contributed by atoms with Crippen molar-refractivity contribution in [2.24, 2.45) is 5.10 Å². The first-order chi connectivity index (χ1) is 11.3. The summed E-state index contributed by atoms with van der Waals surface area (Å²) in [6.07, 6.45) is 3.85. The number of pyridine rings is 1. The summed E-state index contributed by atoms with van der Waals surface area (Å²) < 4.78 is 23.9. The van der Waals surface area contributed by atoms with E-state index in [-0.39, 0.29) is 16.9 Å². The molecule has 0 aliphatic rings. The summed E-state index contributed by atoms with van der Waals surface area (Å²) in [6.45, 7) is 1.30. The number of hydrazone groups is 1. The van der Waals surface area contributed by atoms with Crippen LogP contribution in [0.2, 0.25) is 0 Å². The van der Waals surface area contributed by atoms with Crippen LogP contribution in [0.3, 0.4) is 0 Å². The Morgan fingerprint density at radius 2 is 1.75 bits per heavy atom. The first-order valence-electron chi connectivity index (χ1n) is 6.89. The fourth-order valence-corrected chi connectivity index (χ4v) is 2.61. The molecule has 0 unspecified atom stereocenters. The smallest absolute Gasteiger partial charge is 0.225 e. The van der Waals surface area contributed by atoms with Crippen LogP contribution < -0.4 is 5.43 Å². The lowest BCUT2D eigenvalue weighted by Gasteiger charge is -2.08. The zero-order valence-corrected chi connectivity index (χ0v) is 13.9. The fraction of sp³-hybridized carbons (Fsp3) is 0.125. The fourth-order valence-electron chi connectivity index (χ4n) is 1.95. The second-order valence-electron chi connectivity index (χ2n) is 4.97. The average Bonchev–Trinajstić information content (AvgIpc) is 2.54. The quantitative estimate of drug-likeness (QED) is 0.384. The molecular weight excluding hydrogens is 330 g/mol. The maximum absolute atomic E-state index is 12.6. The van der Waals surface area contributed by atoms with E-state index in [4.69, 9.17) is 0 Å². The van der Waals surface area contributed by atoms with Crippen molar-refractivity contribution in [2.75, 3.05) is 11.7 Å². The van der Waals surface area contributed by atoms with Gasteiger partial charge in [-0.25, -0.2) is 8.42 Å². The first kappa shape index (κ1) is 17.5. The number of nitrogens with zero attached hydrogens (tertiary/aromatic N) is 2. The monoisotopic (exact) mass is 345 g/mol. The highest BCUT2D eigenvalue weighted by Crippen LogP contribution is 2.13. The van der Waals surface area contributed by atoms with Gasteiger partial charge in [0.1, 0.15) is 0 Å². The lowest BCUT2D eigenvalue weighted by Crippen LogP contribution is -2.26. The Kier molecular flexibility index (Phi) is 5.20. The molecule has 0 saturated carbocycles. The summed E-state index contributed by atoms with van der Waals surface area (Å²) in [4.78, 5) is 28.1. The van der Waals surface area contributed by atoms with Crippen molar-refractivity contribution in [3.63, 3.8) is 0 Å². The minimum atomic E-state index is -3.92. The Balaban J connectivity index is 2.46. The molecule has 24 heavy (non-hydrogen) atoms. The van der Waals surface area contributed by atoms with E-state index in [1.54, 1.807) is 30.5 Å². The molecule has 0 fully saturated rings. The molecule has 0 aliphatic heterocycles. The number of carbonyl (C=O) groups excluding carboxylic acids is 2. The SMILES string of the molecule is CC(=O)c1ccccc1C(=O)C(=NNc1cccnc1)S(C)(=O)=O. The van der Waals surface area contributed by atoms with Crippen LogP contribution >= 0.6 is 0 Å². The highest BCUT2D eigenvalue weighted by atomic mass is 32.2. The second kappa shape index (κ2) is 7.14. The van der Waals surface area contributed by atoms with E-state index in [1.165, 1.54) is 25.3 Å². The molecule has 1 aromatic heterocycles. The third-order valence-corrected chi connectivity index (χ3v) is 4.02. The predicted octanol–water partition coefficient (Wildman–Crippen LogP) is 1.94. The molecule has 1 N–H and O–H groups in total. The number of anilines is 1. The number of carbonyl (C=O) groups is 2. The normalized spacial score (nSPS) is 11.8. The van der Waals surface area contributed by atoms with E-state index < -0.39 is 20.7 Å². The summed E-state index contributed by atoms with van der Waals surface area (Å²) in [7, 11) is -3.92. The Morgan fingerprint density at radius 3 is 2.29 bits per heavy atom. The van der Waals surface area contributed by atoms with E-state index in [9.17, 15) is 18.0 Å². The molecule has 0 spiro atoms. The van der Waals surface area contributed by atoms with Crippen molar-refractivity contribution >= 4 is 32.1 Å². The summed E-state index contributed by atoms with van der Waals surface area (Å²) in [5, 5.41) is 3.04. The van der Waals surface area contributed by atoms with Crippen LogP contribution in [0, 0.1) is 0 Å². The first-order valence-corrected chi connectivity index (χ1v) is 8.78. The molecule has 0 saturated heterocycles. The Bertz CT molecular complexity index is 906. The molecule has 1 heterocycles. The number of nitrogens with one attached hydrogen (secondary N) is 1. The summed E-state index contributed by atoms with van der Waals surface area (Å²) in [6, 6.07) is 9.25. The van der Waals surface area contributed by atoms with Crippen LogP contribution in [-0.2, 0) is 9.84 Å². The maximum atomic E-state index is 12.6. The lowest BCUT2D eigenvalue weighted by molar-refractivity contribution is 0.0998. The molecule has 124 valence electrons. The zero-order valence-electron chi connectivity index (χ0n) is 13.1. The van der Waals surface area contributed by atoms with Gasteiger partial charge in [-0.1, -0.05) is 24.3 Å². The molecular formula is C16H15N3O4S. The minimum absolute atomic E-state index is 0.0119. The van der Waals surface area contributed by atoms with Gasteiger partial charge in [0.05, 0.1) is 11.9 Å². The van der Waals surface area contributed by atoms with E-state index in [1.807, 2.05) is 0 Å². The minimum Gasteiger partial charge on any atom is -0.294 e. The summed E-state index contributed by atoms with van der Waals surface area (Å²) in [5.41, 5.74) is 3.04.